The fourth-order valence-electron chi connectivity index (χ4n) is 2.87. The van der Waals surface area contributed by atoms with Gasteiger partial charge in [-0.1, -0.05) is 6.07 Å². The van der Waals surface area contributed by atoms with Crippen LogP contribution in [0, 0.1) is 18.7 Å². The molecule has 4 nitrogen and oxygen atoms in total. The highest BCUT2D eigenvalue weighted by Gasteiger charge is 2.21. The molecule has 5 heteroatoms. The van der Waals surface area contributed by atoms with Crippen molar-refractivity contribution in [2.75, 3.05) is 38.5 Å². The molecule has 0 spiro atoms. The van der Waals surface area contributed by atoms with Crippen molar-refractivity contribution in [2.45, 2.75) is 19.8 Å². The number of benzene rings is 1. The average Bonchev–Trinajstić information content (AvgIpc) is 2.43. The Bertz CT molecular complexity index is 490. The molecule has 1 aliphatic rings. The summed E-state index contributed by atoms with van der Waals surface area (Å²) < 4.78 is 13.2. The lowest BCUT2D eigenvalue weighted by Crippen LogP contribution is -2.42. The summed E-state index contributed by atoms with van der Waals surface area (Å²) >= 11 is 0. The number of hydrogen-bond donors (Lipinski definition) is 2. The van der Waals surface area contributed by atoms with Crippen LogP contribution < -0.4 is 10.6 Å². The summed E-state index contributed by atoms with van der Waals surface area (Å²) in [4.78, 5) is 14.3. The molecule has 1 heterocycles. The van der Waals surface area contributed by atoms with Crippen LogP contribution in [-0.2, 0) is 4.79 Å². The fourth-order valence-corrected chi connectivity index (χ4v) is 2.87. The summed E-state index contributed by atoms with van der Waals surface area (Å²) in [5, 5.41) is 6.00. The first kappa shape index (κ1) is 15.9. The zero-order chi connectivity index (χ0) is 15.2. The van der Waals surface area contributed by atoms with E-state index >= 15 is 0 Å². The van der Waals surface area contributed by atoms with Crippen molar-refractivity contribution < 1.29 is 9.18 Å². The summed E-state index contributed by atoms with van der Waals surface area (Å²) in [5.41, 5.74) is 1.43. The number of rotatable bonds is 5. The van der Waals surface area contributed by atoms with Crippen molar-refractivity contribution in [3.8, 4) is 0 Å². The molecular weight excluding hydrogens is 269 g/mol. The smallest absolute Gasteiger partial charge is 0.238 e. The van der Waals surface area contributed by atoms with Crippen molar-refractivity contribution in [2.24, 2.45) is 5.92 Å². The normalized spacial score (nSPS) is 19.5. The SMILES string of the molecule is CNCC1CCCN(CC(=O)Nc2cc(F)ccc2C)C1. The molecule has 2 rings (SSSR count). The lowest BCUT2D eigenvalue weighted by molar-refractivity contribution is -0.117. The highest BCUT2D eigenvalue weighted by molar-refractivity contribution is 5.92. The monoisotopic (exact) mass is 293 g/mol. The topological polar surface area (TPSA) is 44.4 Å². The number of anilines is 1. The van der Waals surface area contributed by atoms with Crippen LogP contribution in [0.1, 0.15) is 18.4 Å². The number of likely N-dealkylation sites (tertiary alicyclic amines) is 1. The minimum Gasteiger partial charge on any atom is -0.325 e. The van der Waals surface area contributed by atoms with Gasteiger partial charge in [-0.15, -0.1) is 0 Å². The first-order valence-electron chi connectivity index (χ1n) is 7.51. The predicted octanol–water partition coefficient (Wildman–Crippen LogP) is 2.00. The van der Waals surface area contributed by atoms with Gasteiger partial charge in [0.15, 0.2) is 0 Å². The van der Waals surface area contributed by atoms with Gasteiger partial charge in [-0.05, 0) is 63.5 Å². The molecular formula is C16H24FN3O. The van der Waals surface area contributed by atoms with Crippen molar-refractivity contribution in [1.82, 2.24) is 10.2 Å². The second-order valence-electron chi connectivity index (χ2n) is 5.81. The lowest BCUT2D eigenvalue weighted by atomic mass is 9.98. The molecule has 21 heavy (non-hydrogen) atoms. The van der Waals surface area contributed by atoms with Gasteiger partial charge >= 0.3 is 0 Å². The van der Waals surface area contributed by atoms with E-state index < -0.39 is 0 Å². The fraction of sp³-hybridized carbons (Fsp3) is 0.562. The van der Waals surface area contributed by atoms with Crippen LogP contribution in [0.4, 0.5) is 10.1 Å². The highest BCUT2D eigenvalue weighted by atomic mass is 19.1. The first-order chi connectivity index (χ1) is 10.1. The molecule has 2 N–H and O–H groups in total. The maximum Gasteiger partial charge on any atom is 0.238 e. The number of aryl methyl sites for hydroxylation is 1. The van der Waals surface area contributed by atoms with Crippen LogP contribution in [0.25, 0.3) is 0 Å². The van der Waals surface area contributed by atoms with Gasteiger partial charge in [0.2, 0.25) is 5.91 Å². The van der Waals surface area contributed by atoms with E-state index in [1.54, 1.807) is 6.07 Å². The third-order valence-electron chi connectivity index (χ3n) is 3.94. The zero-order valence-electron chi connectivity index (χ0n) is 12.8. The predicted molar refractivity (Wildman–Crippen MR) is 82.9 cm³/mol. The zero-order valence-corrected chi connectivity index (χ0v) is 12.8. The van der Waals surface area contributed by atoms with Gasteiger partial charge in [0, 0.05) is 12.2 Å². The minimum atomic E-state index is -0.331. The van der Waals surface area contributed by atoms with Crippen LogP contribution in [-0.4, -0.2) is 44.0 Å². The number of hydrogen-bond acceptors (Lipinski definition) is 3. The number of piperidine rings is 1. The molecule has 0 radical (unpaired) electrons. The van der Waals surface area contributed by atoms with Crippen molar-refractivity contribution in [1.29, 1.82) is 0 Å². The maximum absolute atomic E-state index is 13.2. The summed E-state index contributed by atoms with van der Waals surface area (Å²) in [5.74, 6) is 0.198. The summed E-state index contributed by atoms with van der Waals surface area (Å²) in [6.45, 7) is 5.11. The molecule has 1 amide bonds. The van der Waals surface area contributed by atoms with Crippen LogP contribution in [0.2, 0.25) is 0 Å². The Morgan fingerprint density at radius 1 is 1.48 bits per heavy atom. The molecule has 0 aromatic heterocycles. The van der Waals surface area contributed by atoms with Crippen LogP contribution in [0.5, 0.6) is 0 Å². The van der Waals surface area contributed by atoms with Gasteiger partial charge in [0.1, 0.15) is 5.82 Å². The quantitative estimate of drug-likeness (QED) is 0.873. The second-order valence-corrected chi connectivity index (χ2v) is 5.81. The van der Waals surface area contributed by atoms with Crippen LogP contribution in [0.15, 0.2) is 18.2 Å². The number of amides is 1. The van der Waals surface area contributed by atoms with E-state index in [1.165, 1.54) is 18.6 Å². The molecule has 1 aromatic carbocycles. The van der Waals surface area contributed by atoms with E-state index in [0.717, 1.165) is 31.6 Å². The number of halogens is 1. The summed E-state index contributed by atoms with van der Waals surface area (Å²) in [6.07, 6.45) is 2.33. The van der Waals surface area contributed by atoms with Crippen LogP contribution in [0.3, 0.4) is 0 Å². The Morgan fingerprint density at radius 3 is 3.05 bits per heavy atom. The standard InChI is InChI=1S/C16H24FN3O/c1-12-5-6-14(17)8-15(12)19-16(21)11-20-7-3-4-13(10-20)9-18-2/h5-6,8,13,18H,3-4,7,9-11H2,1-2H3,(H,19,21). The van der Waals surface area contributed by atoms with E-state index in [1.807, 2.05) is 14.0 Å². The van der Waals surface area contributed by atoms with Gasteiger partial charge in [-0.25, -0.2) is 4.39 Å². The van der Waals surface area contributed by atoms with Gasteiger partial charge in [-0.3, -0.25) is 9.69 Å². The lowest BCUT2D eigenvalue weighted by Gasteiger charge is -2.32. The average molecular weight is 293 g/mol. The largest absolute Gasteiger partial charge is 0.325 e. The number of nitrogens with one attached hydrogen (secondary N) is 2. The molecule has 1 atom stereocenters. The number of carbonyl (C=O) groups is 1. The van der Waals surface area contributed by atoms with E-state index in [0.29, 0.717) is 18.2 Å². The highest BCUT2D eigenvalue weighted by Crippen LogP contribution is 2.18. The second kappa shape index (κ2) is 7.52. The molecule has 0 saturated carbocycles. The molecule has 1 aromatic rings. The Morgan fingerprint density at radius 2 is 2.29 bits per heavy atom. The molecule has 1 aliphatic heterocycles. The van der Waals surface area contributed by atoms with Crippen molar-refractivity contribution >= 4 is 11.6 Å². The molecule has 1 fully saturated rings. The third kappa shape index (κ3) is 4.79. The Kier molecular flexibility index (Phi) is 5.70. The minimum absolute atomic E-state index is 0.0752. The Hall–Kier alpha value is -1.46. The van der Waals surface area contributed by atoms with Gasteiger partial charge in [0.25, 0.3) is 0 Å². The maximum atomic E-state index is 13.2. The van der Waals surface area contributed by atoms with Gasteiger partial charge < -0.3 is 10.6 Å². The third-order valence-corrected chi connectivity index (χ3v) is 3.94. The number of carbonyl (C=O) groups excluding carboxylic acids is 1. The van der Waals surface area contributed by atoms with E-state index in [4.69, 9.17) is 0 Å². The van der Waals surface area contributed by atoms with E-state index in [-0.39, 0.29) is 11.7 Å². The number of nitrogens with zero attached hydrogens (tertiary/aromatic N) is 1. The molecule has 0 bridgehead atoms. The summed E-state index contributed by atoms with van der Waals surface area (Å²) in [6, 6.07) is 4.44. The van der Waals surface area contributed by atoms with Gasteiger partial charge in [-0.2, -0.15) is 0 Å². The molecule has 1 saturated heterocycles. The van der Waals surface area contributed by atoms with Crippen molar-refractivity contribution in [3.63, 3.8) is 0 Å². The molecule has 116 valence electrons. The van der Waals surface area contributed by atoms with Crippen molar-refractivity contribution in [3.05, 3.63) is 29.6 Å². The summed E-state index contributed by atoms with van der Waals surface area (Å²) in [7, 11) is 1.96. The van der Waals surface area contributed by atoms with Crippen LogP contribution >= 0.6 is 0 Å². The Balaban J connectivity index is 1.88. The van der Waals surface area contributed by atoms with Gasteiger partial charge in [0.05, 0.1) is 6.54 Å². The van der Waals surface area contributed by atoms with E-state index in [2.05, 4.69) is 15.5 Å². The first-order valence-corrected chi connectivity index (χ1v) is 7.51. The molecule has 0 aliphatic carbocycles. The molecule has 1 unspecified atom stereocenters. The van der Waals surface area contributed by atoms with E-state index in [9.17, 15) is 9.18 Å². The Labute approximate surface area is 125 Å².